The van der Waals surface area contributed by atoms with E-state index in [0.29, 0.717) is 0 Å². The molecule has 0 N–H and O–H groups in total. The van der Waals surface area contributed by atoms with E-state index in [9.17, 15) is 9.59 Å². The van der Waals surface area contributed by atoms with Crippen molar-refractivity contribution in [2.75, 3.05) is 7.11 Å². The van der Waals surface area contributed by atoms with Gasteiger partial charge in [0, 0.05) is 0 Å². The third kappa shape index (κ3) is 2.89. The Labute approximate surface area is 76.5 Å². The molecule has 1 aliphatic carbocycles. The summed E-state index contributed by atoms with van der Waals surface area (Å²) in [4.78, 5) is 21.6. The predicted octanol–water partition coefficient (Wildman–Crippen LogP) is 1.02. The van der Waals surface area contributed by atoms with Gasteiger partial charge in [0.25, 0.3) is 0 Å². The van der Waals surface area contributed by atoms with Crippen LogP contribution < -0.4 is 0 Å². The SMILES string of the molecule is COC(=O)/C=C/OC(=O)C1CCC1. The van der Waals surface area contributed by atoms with Crippen LogP contribution >= 0.6 is 0 Å². The fourth-order valence-electron chi connectivity index (χ4n) is 0.965. The highest BCUT2D eigenvalue weighted by atomic mass is 16.5. The lowest BCUT2D eigenvalue weighted by atomic mass is 9.86. The zero-order valence-electron chi connectivity index (χ0n) is 7.49. The maximum absolute atomic E-state index is 11.1. The predicted molar refractivity (Wildman–Crippen MR) is 44.6 cm³/mol. The molecule has 72 valence electrons. The van der Waals surface area contributed by atoms with Crippen molar-refractivity contribution in [3.05, 3.63) is 12.3 Å². The topological polar surface area (TPSA) is 52.6 Å². The summed E-state index contributed by atoms with van der Waals surface area (Å²) in [7, 11) is 1.26. The van der Waals surface area contributed by atoms with Crippen LogP contribution in [-0.2, 0) is 19.1 Å². The Kier molecular flexibility index (Phi) is 3.49. The van der Waals surface area contributed by atoms with Gasteiger partial charge in [-0.2, -0.15) is 0 Å². The third-order valence-electron chi connectivity index (χ3n) is 2.03. The summed E-state index contributed by atoms with van der Waals surface area (Å²) in [5, 5.41) is 0. The summed E-state index contributed by atoms with van der Waals surface area (Å²) in [5.41, 5.74) is 0. The third-order valence-corrected chi connectivity index (χ3v) is 2.03. The van der Waals surface area contributed by atoms with Gasteiger partial charge in [0.15, 0.2) is 0 Å². The van der Waals surface area contributed by atoms with E-state index in [1.807, 2.05) is 0 Å². The Hall–Kier alpha value is -1.32. The van der Waals surface area contributed by atoms with Crippen LogP contribution in [0.2, 0.25) is 0 Å². The van der Waals surface area contributed by atoms with E-state index >= 15 is 0 Å². The molecule has 1 rings (SSSR count). The highest BCUT2D eigenvalue weighted by molar-refractivity contribution is 5.82. The largest absolute Gasteiger partial charge is 0.466 e. The van der Waals surface area contributed by atoms with Gasteiger partial charge in [-0.1, -0.05) is 6.42 Å². The summed E-state index contributed by atoms with van der Waals surface area (Å²) in [6, 6.07) is 0. The van der Waals surface area contributed by atoms with Gasteiger partial charge in [-0.3, -0.25) is 4.79 Å². The van der Waals surface area contributed by atoms with Crippen LogP contribution in [0.25, 0.3) is 0 Å². The van der Waals surface area contributed by atoms with Gasteiger partial charge in [0.05, 0.1) is 19.1 Å². The van der Waals surface area contributed by atoms with Gasteiger partial charge in [-0.05, 0) is 12.8 Å². The second-order valence-electron chi connectivity index (χ2n) is 2.89. The Morgan fingerprint density at radius 2 is 2.08 bits per heavy atom. The van der Waals surface area contributed by atoms with Crippen molar-refractivity contribution >= 4 is 11.9 Å². The molecule has 1 fully saturated rings. The van der Waals surface area contributed by atoms with Gasteiger partial charge in [0.1, 0.15) is 6.26 Å². The molecule has 13 heavy (non-hydrogen) atoms. The maximum Gasteiger partial charge on any atom is 0.333 e. The van der Waals surface area contributed by atoms with E-state index in [4.69, 9.17) is 4.74 Å². The number of carbonyl (C=O) groups is 2. The second kappa shape index (κ2) is 4.64. The molecule has 0 aliphatic heterocycles. The molecular formula is C9H12O4. The summed E-state index contributed by atoms with van der Waals surface area (Å²) < 4.78 is 9.01. The molecule has 0 aromatic rings. The van der Waals surface area contributed by atoms with E-state index in [-0.39, 0.29) is 11.9 Å². The first kappa shape index (κ1) is 9.77. The Morgan fingerprint density at radius 3 is 2.54 bits per heavy atom. The molecule has 1 saturated carbocycles. The molecule has 0 saturated heterocycles. The summed E-state index contributed by atoms with van der Waals surface area (Å²) >= 11 is 0. The van der Waals surface area contributed by atoms with Gasteiger partial charge < -0.3 is 9.47 Å². The van der Waals surface area contributed by atoms with Gasteiger partial charge in [0.2, 0.25) is 0 Å². The lowest BCUT2D eigenvalue weighted by Crippen LogP contribution is -2.22. The van der Waals surface area contributed by atoms with Crippen molar-refractivity contribution in [1.29, 1.82) is 0 Å². The molecule has 0 aromatic heterocycles. The van der Waals surface area contributed by atoms with Crippen LogP contribution in [0.1, 0.15) is 19.3 Å². The fourth-order valence-corrected chi connectivity index (χ4v) is 0.965. The van der Waals surface area contributed by atoms with Crippen molar-refractivity contribution in [2.45, 2.75) is 19.3 Å². The summed E-state index contributed by atoms with van der Waals surface area (Å²) in [5.74, 6) is -0.755. The molecule has 0 radical (unpaired) electrons. The number of rotatable bonds is 3. The first-order chi connectivity index (χ1) is 6.24. The van der Waals surface area contributed by atoms with Crippen LogP contribution in [0.15, 0.2) is 12.3 Å². The van der Waals surface area contributed by atoms with Crippen molar-refractivity contribution in [3.8, 4) is 0 Å². The molecule has 0 bridgehead atoms. The number of esters is 2. The maximum atomic E-state index is 11.1. The summed E-state index contributed by atoms with van der Waals surface area (Å²) in [6.45, 7) is 0. The number of methoxy groups -OCH3 is 1. The lowest BCUT2D eigenvalue weighted by molar-refractivity contribution is -0.145. The number of carbonyl (C=O) groups excluding carboxylic acids is 2. The molecule has 0 aromatic carbocycles. The lowest BCUT2D eigenvalue weighted by Gasteiger charge is -2.21. The molecule has 0 spiro atoms. The van der Waals surface area contributed by atoms with Gasteiger partial charge in [-0.15, -0.1) is 0 Å². The first-order valence-corrected chi connectivity index (χ1v) is 4.19. The molecule has 4 nitrogen and oxygen atoms in total. The van der Waals surface area contributed by atoms with Gasteiger partial charge in [-0.25, -0.2) is 4.79 Å². The summed E-state index contributed by atoms with van der Waals surface area (Å²) in [6.07, 6.45) is 5.03. The van der Waals surface area contributed by atoms with E-state index in [0.717, 1.165) is 31.6 Å². The Bertz CT molecular complexity index is 228. The van der Waals surface area contributed by atoms with Crippen molar-refractivity contribution < 1.29 is 19.1 Å². The number of hydrogen-bond acceptors (Lipinski definition) is 4. The molecule has 0 atom stereocenters. The second-order valence-corrected chi connectivity index (χ2v) is 2.89. The molecule has 1 aliphatic rings. The minimum absolute atomic E-state index is 0.0299. The highest BCUT2D eigenvalue weighted by Gasteiger charge is 2.26. The minimum Gasteiger partial charge on any atom is -0.466 e. The molecule has 0 unspecified atom stereocenters. The van der Waals surface area contributed by atoms with Crippen molar-refractivity contribution in [1.82, 2.24) is 0 Å². The van der Waals surface area contributed by atoms with E-state index < -0.39 is 5.97 Å². The zero-order valence-corrected chi connectivity index (χ0v) is 7.49. The molecule has 0 amide bonds. The fraction of sp³-hybridized carbons (Fsp3) is 0.556. The van der Waals surface area contributed by atoms with Crippen LogP contribution in [0.4, 0.5) is 0 Å². The smallest absolute Gasteiger partial charge is 0.333 e. The number of ether oxygens (including phenoxy) is 2. The molecule has 0 heterocycles. The zero-order chi connectivity index (χ0) is 9.68. The Morgan fingerprint density at radius 1 is 1.38 bits per heavy atom. The van der Waals surface area contributed by atoms with Gasteiger partial charge >= 0.3 is 11.9 Å². The highest BCUT2D eigenvalue weighted by Crippen LogP contribution is 2.27. The van der Waals surface area contributed by atoms with E-state index in [2.05, 4.69) is 4.74 Å². The average molecular weight is 184 g/mol. The standard InChI is InChI=1S/C9H12O4/c1-12-8(10)5-6-13-9(11)7-3-2-4-7/h5-7H,2-4H2,1H3/b6-5+. The monoisotopic (exact) mass is 184 g/mol. The molecular weight excluding hydrogens is 172 g/mol. The quantitative estimate of drug-likeness (QED) is 0.373. The van der Waals surface area contributed by atoms with Crippen LogP contribution in [0.5, 0.6) is 0 Å². The van der Waals surface area contributed by atoms with Crippen LogP contribution in [0, 0.1) is 5.92 Å². The number of hydrogen-bond donors (Lipinski definition) is 0. The van der Waals surface area contributed by atoms with Crippen LogP contribution in [0.3, 0.4) is 0 Å². The average Bonchev–Trinajstić information content (AvgIpc) is 2.01. The normalized spacial score (nSPS) is 16.7. The van der Waals surface area contributed by atoms with E-state index in [1.165, 1.54) is 7.11 Å². The van der Waals surface area contributed by atoms with Crippen molar-refractivity contribution in [3.63, 3.8) is 0 Å². The Balaban J connectivity index is 2.20. The van der Waals surface area contributed by atoms with Crippen LogP contribution in [-0.4, -0.2) is 19.0 Å². The first-order valence-electron chi connectivity index (χ1n) is 4.19. The van der Waals surface area contributed by atoms with E-state index in [1.54, 1.807) is 0 Å². The van der Waals surface area contributed by atoms with Crippen molar-refractivity contribution in [2.24, 2.45) is 5.92 Å². The molecule has 4 heteroatoms. The minimum atomic E-state index is -0.526.